The van der Waals surface area contributed by atoms with Crippen molar-refractivity contribution in [2.75, 3.05) is 0 Å². The lowest BCUT2D eigenvalue weighted by Gasteiger charge is -2.08. The van der Waals surface area contributed by atoms with E-state index in [1.165, 1.54) is 24.0 Å². The van der Waals surface area contributed by atoms with Crippen molar-refractivity contribution >= 4 is 28.5 Å². The van der Waals surface area contributed by atoms with Gasteiger partial charge in [-0.25, -0.2) is 9.97 Å². The van der Waals surface area contributed by atoms with E-state index in [4.69, 9.17) is 11.1 Å². The molecule has 6 nitrogen and oxygen atoms in total. The number of benzene rings is 1. The summed E-state index contributed by atoms with van der Waals surface area (Å²) in [5.74, 6) is -0.0750. The number of nitrogen functional groups attached to an aromatic ring is 1. The second-order valence-electron chi connectivity index (χ2n) is 4.29. The third-order valence-electron chi connectivity index (χ3n) is 2.82. The third kappa shape index (κ3) is 2.77. The molecule has 2 aromatic heterocycles. The monoisotopic (exact) mass is 297 g/mol. The zero-order chi connectivity index (χ0) is 14.8. The van der Waals surface area contributed by atoms with Crippen LogP contribution in [0.1, 0.15) is 5.56 Å². The molecule has 0 fully saturated rings. The molecule has 0 aliphatic rings. The molecule has 0 spiro atoms. The van der Waals surface area contributed by atoms with Gasteiger partial charge in [-0.1, -0.05) is 18.2 Å². The van der Waals surface area contributed by atoms with Crippen LogP contribution in [-0.2, 0) is 0 Å². The maximum Gasteiger partial charge on any atom is 0.251 e. The first-order chi connectivity index (χ1) is 10.1. The Morgan fingerprint density at radius 1 is 1.29 bits per heavy atom. The van der Waals surface area contributed by atoms with Crippen LogP contribution in [0.15, 0.2) is 57.6 Å². The Hall–Kier alpha value is -2.67. The molecule has 0 radical (unpaired) electrons. The number of nitrogens with zero attached hydrogens (tertiary/aromatic N) is 2. The number of pyridine rings is 1. The number of para-hydroxylation sites is 1. The quantitative estimate of drug-likeness (QED) is 0.388. The molecular formula is C14H11N5OS. The van der Waals surface area contributed by atoms with Crippen LogP contribution in [0.2, 0.25) is 0 Å². The van der Waals surface area contributed by atoms with Gasteiger partial charge in [0.15, 0.2) is 5.16 Å². The second-order valence-corrected chi connectivity index (χ2v) is 5.27. The van der Waals surface area contributed by atoms with Crippen molar-refractivity contribution in [3.05, 3.63) is 58.5 Å². The molecule has 3 rings (SSSR count). The highest BCUT2D eigenvalue weighted by molar-refractivity contribution is 7.99. The van der Waals surface area contributed by atoms with Crippen molar-refractivity contribution < 1.29 is 0 Å². The highest BCUT2D eigenvalue weighted by atomic mass is 32.2. The number of aromatic nitrogens is 3. The van der Waals surface area contributed by atoms with Crippen LogP contribution in [0.3, 0.4) is 0 Å². The Morgan fingerprint density at radius 2 is 2.10 bits per heavy atom. The molecule has 104 valence electrons. The first kappa shape index (κ1) is 13.3. The number of nitrogens with one attached hydrogen (secondary N) is 2. The van der Waals surface area contributed by atoms with Crippen LogP contribution in [0.25, 0.3) is 10.9 Å². The van der Waals surface area contributed by atoms with E-state index < -0.39 is 0 Å². The van der Waals surface area contributed by atoms with Gasteiger partial charge >= 0.3 is 0 Å². The fourth-order valence-corrected chi connectivity index (χ4v) is 2.74. The first-order valence-electron chi connectivity index (χ1n) is 6.11. The van der Waals surface area contributed by atoms with Gasteiger partial charge in [-0.05, 0) is 23.9 Å². The normalized spacial score (nSPS) is 10.7. The molecular weight excluding hydrogens is 286 g/mol. The second kappa shape index (κ2) is 5.37. The number of amidine groups is 1. The number of rotatable bonds is 3. The Balaban J connectivity index is 2.13. The van der Waals surface area contributed by atoms with Gasteiger partial charge in [0.1, 0.15) is 10.9 Å². The molecule has 2 heterocycles. The summed E-state index contributed by atoms with van der Waals surface area (Å²) in [5, 5.41) is 9.54. The zero-order valence-electron chi connectivity index (χ0n) is 10.8. The number of aromatic amines is 1. The summed E-state index contributed by atoms with van der Waals surface area (Å²) in [6, 6.07) is 10.7. The lowest BCUT2D eigenvalue weighted by molar-refractivity contribution is 0.932. The van der Waals surface area contributed by atoms with E-state index in [1.54, 1.807) is 0 Å². The Bertz CT molecular complexity index is 890. The molecule has 0 saturated heterocycles. The number of H-pyrrole nitrogens is 1. The lowest BCUT2D eigenvalue weighted by atomic mass is 10.1. The van der Waals surface area contributed by atoms with E-state index in [0.29, 0.717) is 15.7 Å². The molecule has 0 aliphatic heterocycles. The lowest BCUT2D eigenvalue weighted by Crippen LogP contribution is -2.13. The summed E-state index contributed by atoms with van der Waals surface area (Å²) in [6.45, 7) is 0. The maximum absolute atomic E-state index is 11.3. The van der Waals surface area contributed by atoms with Crippen LogP contribution in [0, 0.1) is 5.41 Å². The minimum absolute atomic E-state index is 0.0750. The highest BCUT2D eigenvalue weighted by Gasteiger charge is 2.12. The molecule has 7 heteroatoms. The minimum atomic E-state index is -0.238. The van der Waals surface area contributed by atoms with Crippen LogP contribution in [0.5, 0.6) is 0 Å². The molecule has 0 saturated carbocycles. The fourth-order valence-electron chi connectivity index (χ4n) is 1.86. The average molecular weight is 297 g/mol. The van der Waals surface area contributed by atoms with Crippen LogP contribution >= 0.6 is 11.8 Å². The van der Waals surface area contributed by atoms with Crippen LogP contribution in [0.4, 0.5) is 0 Å². The SMILES string of the molecule is N=C(N)c1cc2ccccc2nc1Sc1nccc(=O)[nH]1. The first-order valence-corrected chi connectivity index (χ1v) is 6.92. The summed E-state index contributed by atoms with van der Waals surface area (Å²) in [4.78, 5) is 22.5. The van der Waals surface area contributed by atoms with E-state index in [9.17, 15) is 4.79 Å². The van der Waals surface area contributed by atoms with Crippen LogP contribution < -0.4 is 11.3 Å². The summed E-state index contributed by atoms with van der Waals surface area (Å²) >= 11 is 1.17. The zero-order valence-corrected chi connectivity index (χ0v) is 11.6. The van der Waals surface area contributed by atoms with E-state index in [2.05, 4.69) is 15.0 Å². The molecule has 1 aromatic carbocycles. The molecule has 4 N–H and O–H groups in total. The van der Waals surface area contributed by atoms with Crippen LogP contribution in [-0.4, -0.2) is 20.8 Å². The molecule has 0 bridgehead atoms. The van der Waals surface area contributed by atoms with Gasteiger partial charge in [0.25, 0.3) is 5.56 Å². The van der Waals surface area contributed by atoms with E-state index >= 15 is 0 Å². The molecule has 21 heavy (non-hydrogen) atoms. The van der Waals surface area contributed by atoms with Gasteiger partial charge in [0.2, 0.25) is 0 Å². The van der Waals surface area contributed by atoms with Crippen molar-refractivity contribution in [2.45, 2.75) is 10.2 Å². The van der Waals surface area contributed by atoms with Crippen molar-refractivity contribution in [3.8, 4) is 0 Å². The number of hydrogen-bond donors (Lipinski definition) is 3. The number of fused-ring (bicyclic) bond motifs is 1. The van der Waals surface area contributed by atoms with Crippen molar-refractivity contribution in [2.24, 2.45) is 5.73 Å². The Labute approximate surface area is 124 Å². The smallest absolute Gasteiger partial charge is 0.251 e. The van der Waals surface area contributed by atoms with Crippen molar-refractivity contribution in [1.82, 2.24) is 15.0 Å². The minimum Gasteiger partial charge on any atom is -0.384 e. The Morgan fingerprint density at radius 3 is 2.86 bits per heavy atom. The van der Waals surface area contributed by atoms with E-state index in [0.717, 1.165) is 10.9 Å². The van der Waals surface area contributed by atoms with Gasteiger partial charge < -0.3 is 10.7 Å². The van der Waals surface area contributed by atoms with Gasteiger partial charge in [-0.15, -0.1) is 0 Å². The Kier molecular flexibility index (Phi) is 3.41. The van der Waals surface area contributed by atoms with Crippen molar-refractivity contribution in [3.63, 3.8) is 0 Å². The summed E-state index contributed by atoms with van der Waals surface area (Å²) in [6.07, 6.45) is 1.43. The molecule has 0 amide bonds. The predicted molar refractivity (Wildman–Crippen MR) is 81.7 cm³/mol. The molecule has 0 unspecified atom stereocenters. The maximum atomic E-state index is 11.3. The van der Waals surface area contributed by atoms with E-state index in [-0.39, 0.29) is 11.4 Å². The predicted octanol–water partition coefficient (Wildman–Crippen LogP) is 1.75. The van der Waals surface area contributed by atoms with Crippen molar-refractivity contribution in [1.29, 1.82) is 5.41 Å². The number of hydrogen-bond acceptors (Lipinski definition) is 5. The highest BCUT2D eigenvalue weighted by Crippen LogP contribution is 2.28. The van der Waals surface area contributed by atoms with Gasteiger partial charge in [0.05, 0.1) is 5.52 Å². The van der Waals surface area contributed by atoms with E-state index in [1.807, 2.05) is 30.3 Å². The summed E-state index contributed by atoms with van der Waals surface area (Å²) < 4.78 is 0. The molecule has 0 atom stereocenters. The number of nitrogens with two attached hydrogens (primary N) is 1. The summed E-state index contributed by atoms with van der Waals surface area (Å²) in [7, 11) is 0. The summed E-state index contributed by atoms with van der Waals surface area (Å²) in [5.41, 5.74) is 6.70. The van der Waals surface area contributed by atoms with Gasteiger partial charge in [-0.2, -0.15) is 0 Å². The fraction of sp³-hybridized carbons (Fsp3) is 0. The molecule has 3 aromatic rings. The third-order valence-corrected chi connectivity index (χ3v) is 3.73. The van der Waals surface area contributed by atoms with Gasteiger partial charge in [-0.3, -0.25) is 10.2 Å². The average Bonchev–Trinajstić information content (AvgIpc) is 2.46. The topological polar surface area (TPSA) is 109 Å². The largest absolute Gasteiger partial charge is 0.384 e. The standard InChI is InChI=1S/C14H11N5OS/c15-12(16)9-7-8-3-1-2-4-10(8)18-13(9)21-14-17-6-5-11(20)19-14/h1-7H,(H3,15,16)(H,17,19,20). The molecule has 0 aliphatic carbocycles. The van der Waals surface area contributed by atoms with Gasteiger partial charge in [0, 0.05) is 23.2 Å².